The van der Waals surface area contributed by atoms with Crippen molar-refractivity contribution in [1.82, 2.24) is 0 Å². The first-order chi connectivity index (χ1) is 11.6. The van der Waals surface area contributed by atoms with Gasteiger partial charge in [0.05, 0.1) is 17.6 Å². The second-order valence-corrected chi connectivity index (χ2v) is 5.68. The quantitative estimate of drug-likeness (QED) is 0.489. The van der Waals surface area contributed by atoms with Crippen LogP contribution >= 0.6 is 0 Å². The van der Waals surface area contributed by atoms with Crippen LogP contribution in [0.2, 0.25) is 0 Å². The third kappa shape index (κ3) is 3.22. The van der Waals surface area contributed by atoms with Gasteiger partial charge in [0.15, 0.2) is 5.75 Å². The predicted molar refractivity (Wildman–Crippen MR) is 87.3 cm³/mol. The van der Waals surface area contributed by atoms with Gasteiger partial charge in [-0.3, -0.25) is 10.1 Å². The molecule has 1 atom stereocenters. The molecule has 0 spiro atoms. The number of carbonyl (C=O) groups is 1. The summed E-state index contributed by atoms with van der Waals surface area (Å²) in [5.74, 6) is -0.437. The fraction of sp³-hybridized carbons (Fsp3) is 0.278. The maximum Gasteiger partial charge on any atom is 0.338 e. The number of benzene rings is 2. The van der Waals surface area contributed by atoms with Crippen molar-refractivity contribution < 1.29 is 19.2 Å². The van der Waals surface area contributed by atoms with Crippen molar-refractivity contribution in [3.8, 4) is 5.75 Å². The first kappa shape index (κ1) is 16.0. The van der Waals surface area contributed by atoms with Gasteiger partial charge in [0.25, 0.3) is 0 Å². The van der Waals surface area contributed by atoms with Crippen molar-refractivity contribution >= 4 is 11.7 Å². The van der Waals surface area contributed by atoms with Gasteiger partial charge in [0.2, 0.25) is 0 Å². The smallest absolute Gasteiger partial charge is 0.338 e. The van der Waals surface area contributed by atoms with Crippen molar-refractivity contribution in [2.24, 2.45) is 0 Å². The van der Waals surface area contributed by atoms with Crippen LogP contribution in [0.3, 0.4) is 0 Å². The van der Waals surface area contributed by atoms with Crippen molar-refractivity contribution in [3.63, 3.8) is 0 Å². The lowest BCUT2D eigenvalue weighted by Gasteiger charge is -2.24. The van der Waals surface area contributed by atoms with Crippen LogP contribution in [0.25, 0.3) is 0 Å². The molecule has 1 aliphatic carbocycles. The highest BCUT2D eigenvalue weighted by Crippen LogP contribution is 2.29. The van der Waals surface area contributed by atoms with Gasteiger partial charge >= 0.3 is 11.7 Å². The van der Waals surface area contributed by atoms with Crippen molar-refractivity contribution in [1.29, 1.82) is 0 Å². The molecule has 1 unspecified atom stereocenters. The van der Waals surface area contributed by atoms with Crippen LogP contribution in [-0.4, -0.2) is 24.1 Å². The van der Waals surface area contributed by atoms with Crippen LogP contribution in [0, 0.1) is 10.1 Å². The number of hydrogen-bond acceptors (Lipinski definition) is 5. The van der Waals surface area contributed by atoms with Gasteiger partial charge in [0, 0.05) is 12.5 Å². The minimum atomic E-state index is -0.577. The monoisotopic (exact) mass is 327 g/mol. The summed E-state index contributed by atoms with van der Waals surface area (Å²) >= 11 is 0. The Bertz CT molecular complexity index is 787. The molecule has 0 bridgehead atoms. The third-order valence-corrected chi connectivity index (χ3v) is 4.19. The lowest BCUT2D eigenvalue weighted by molar-refractivity contribution is -0.385. The van der Waals surface area contributed by atoms with E-state index in [1.165, 1.54) is 36.4 Å². The molecule has 0 aromatic heterocycles. The number of aryl methyl sites for hydroxylation is 1. The predicted octanol–water partition coefficient (Wildman–Crippen LogP) is 3.32. The third-order valence-electron chi connectivity index (χ3n) is 4.19. The van der Waals surface area contributed by atoms with E-state index >= 15 is 0 Å². The number of ether oxygens (including phenoxy) is 2. The maximum absolute atomic E-state index is 12.3. The molecule has 6 nitrogen and oxygen atoms in total. The van der Waals surface area contributed by atoms with Crippen molar-refractivity contribution in [2.75, 3.05) is 7.11 Å². The molecule has 1 aliphatic rings. The summed E-state index contributed by atoms with van der Waals surface area (Å²) in [7, 11) is 1.35. The number of nitro groups is 1. The summed E-state index contributed by atoms with van der Waals surface area (Å²) in [5, 5.41) is 11.1. The second-order valence-electron chi connectivity index (χ2n) is 5.68. The zero-order valence-electron chi connectivity index (χ0n) is 13.2. The number of carbonyl (C=O) groups excluding carboxylic acids is 1. The SMILES string of the molecule is COc1ccc(C(=O)OC2CCc3ccccc3C2)cc1[N+](=O)[O-]. The van der Waals surface area contributed by atoms with Gasteiger partial charge in [-0.15, -0.1) is 0 Å². The van der Waals surface area contributed by atoms with E-state index < -0.39 is 10.9 Å². The highest BCUT2D eigenvalue weighted by atomic mass is 16.6. The van der Waals surface area contributed by atoms with Gasteiger partial charge in [-0.1, -0.05) is 24.3 Å². The molecule has 6 heteroatoms. The van der Waals surface area contributed by atoms with E-state index in [0.29, 0.717) is 6.42 Å². The summed E-state index contributed by atoms with van der Waals surface area (Å²) < 4.78 is 10.5. The molecule has 0 radical (unpaired) electrons. The van der Waals surface area contributed by atoms with Gasteiger partial charge in [-0.25, -0.2) is 4.79 Å². The van der Waals surface area contributed by atoms with Gasteiger partial charge < -0.3 is 9.47 Å². The number of nitrogens with zero attached hydrogens (tertiary/aromatic N) is 1. The molecule has 0 fully saturated rings. The Hall–Kier alpha value is -2.89. The van der Waals surface area contributed by atoms with Crippen LogP contribution in [0.5, 0.6) is 5.75 Å². The fourth-order valence-corrected chi connectivity index (χ4v) is 2.94. The van der Waals surface area contributed by atoms with E-state index in [4.69, 9.17) is 9.47 Å². The normalized spacial score (nSPS) is 16.1. The average molecular weight is 327 g/mol. The van der Waals surface area contributed by atoms with E-state index in [0.717, 1.165) is 12.8 Å². The second kappa shape index (κ2) is 6.70. The Morgan fingerprint density at radius 2 is 1.96 bits per heavy atom. The molecule has 0 amide bonds. The van der Waals surface area contributed by atoms with E-state index in [1.54, 1.807) is 0 Å². The number of fused-ring (bicyclic) bond motifs is 1. The topological polar surface area (TPSA) is 78.7 Å². The van der Waals surface area contributed by atoms with Crippen molar-refractivity contribution in [3.05, 3.63) is 69.3 Å². The summed E-state index contributed by atoms with van der Waals surface area (Å²) in [6.07, 6.45) is 2.06. The molecule has 124 valence electrons. The minimum absolute atomic E-state index is 0.114. The summed E-state index contributed by atoms with van der Waals surface area (Å²) in [6.45, 7) is 0. The number of rotatable bonds is 4. The molecule has 3 rings (SSSR count). The molecule has 0 N–H and O–H groups in total. The molecule has 24 heavy (non-hydrogen) atoms. The Kier molecular flexibility index (Phi) is 4.46. The van der Waals surface area contributed by atoms with Gasteiger partial charge in [-0.2, -0.15) is 0 Å². The van der Waals surface area contributed by atoms with Crippen LogP contribution in [0.4, 0.5) is 5.69 Å². The number of nitro benzene ring substituents is 1. The van der Waals surface area contributed by atoms with Crippen LogP contribution in [0.1, 0.15) is 27.9 Å². The highest BCUT2D eigenvalue weighted by molar-refractivity contribution is 5.90. The summed E-state index contributed by atoms with van der Waals surface area (Å²) in [4.78, 5) is 22.8. The molecule has 0 aliphatic heterocycles. The Labute approximate surface area is 139 Å². The van der Waals surface area contributed by atoms with Crippen LogP contribution in [0.15, 0.2) is 42.5 Å². The van der Waals surface area contributed by atoms with Crippen LogP contribution in [-0.2, 0) is 17.6 Å². The summed E-state index contributed by atoms with van der Waals surface area (Å²) in [5.41, 5.74) is 2.37. The molecule has 0 saturated carbocycles. The Balaban J connectivity index is 1.74. The maximum atomic E-state index is 12.3. The van der Waals surface area contributed by atoms with Crippen molar-refractivity contribution in [2.45, 2.75) is 25.4 Å². The summed E-state index contributed by atoms with van der Waals surface area (Å²) in [6, 6.07) is 12.2. The average Bonchev–Trinajstić information content (AvgIpc) is 2.61. The minimum Gasteiger partial charge on any atom is -0.490 e. The molecular weight excluding hydrogens is 310 g/mol. The first-order valence-electron chi connectivity index (χ1n) is 7.68. The molecule has 2 aromatic rings. The Morgan fingerprint density at radius 3 is 2.67 bits per heavy atom. The van der Waals surface area contributed by atoms with E-state index in [1.807, 2.05) is 18.2 Å². The highest BCUT2D eigenvalue weighted by Gasteiger charge is 2.24. The van der Waals surface area contributed by atoms with E-state index in [9.17, 15) is 14.9 Å². The van der Waals surface area contributed by atoms with E-state index in [2.05, 4.69) is 6.07 Å². The lowest BCUT2D eigenvalue weighted by Crippen LogP contribution is -2.25. The molecule has 0 heterocycles. The fourth-order valence-electron chi connectivity index (χ4n) is 2.94. The largest absolute Gasteiger partial charge is 0.490 e. The van der Waals surface area contributed by atoms with Gasteiger partial charge in [-0.05, 0) is 36.1 Å². The first-order valence-corrected chi connectivity index (χ1v) is 7.68. The molecular formula is C18H17NO5. The van der Waals surface area contributed by atoms with Crippen LogP contribution < -0.4 is 4.74 Å². The zero-order valence-corrected chi connectivity index (χ0v) is 13.2. The molecule has 0 saturated heterocycles. The number of hydrogen-bond donors (Lipinski definition) is 0. The Morgan fingerprint density at radius 1 is 1.21 bits per heavy atom. The van der Waals surface area contributed by atoms with Gasteiger partial charge in [0.1, 0.15) is 6.10 Å². The zero-order chi connectivity index (χ0) is 17.1. The molecule has 2 aromatic carbocycles. The number of esters is 1. The lowest BCUT2D eigenvalue weighted by atomic mass is 9.90. The standard InChI is InChI=1S/C18H17NO5/c1-23-17-9-7-14(11-16(17)19(21)22)18(20)24-15-8-6-12-4-2-3-5-13(12)10-15/h2-5,7,9,11,15H,6,8,10H2,1H3. The number of methoxy groups -OCH3 is 1. The van der Waals surface area contributed by atoms with E-state index in [-0.39, 0.29) is 23.1 Å².